The molecule has 0 radical (unpaired) electrons. The molecule has 1 N–H and O–H groups in total. The van der Waals surface area contributed by atoms with Gasteiger partial charge in [-0.25, -0.2) is 0 Å². The molecule has 142 valence electrons. The minimum Gasteiger partial charge on any atom is -0.399 e. The number of likely N-dealkylation sites (tertiary alicyclic amines) is 1. The molecule has 2 aliphatic heterocycles. The molecule has 0 bridgehead atoms. The summed E-state index contributed by atoms with van der Waals surface area (Å²) in [6.45, 7) is 11.9. The quantitative estimate of drug-likeness (QED) is 0.820. The number of hydrogen-bond acceptors (Lipinski definition) is 4. The Balaban J connectivity index is 1.64. The van der Waals surface area contributed by atoms with Gasteiger partial charge in [-0.2, -0.15) is 0 Å². The van der Waals surface area contributed by atoms with Crippen LogP contribution in [0.25, 0.3) is 0 Å². The lowest BCUT2D eigenvalue weighted by Gasteiger charge is -2.32. The second-order valence-electron chi connectivity index (χ2n) is 8.33. The standard InChI is InChI=1S/C20H31BN2O3/c1-19(2)20(3,4)26-21(25-19)17-11-7-6-10-16(17)18(24)22-12-15-23-13-8-5-9-14-23/h6-7,10-11H,5,8-9,12-15H2,1-4H3,(H,22,24). The Bertz CT molecular complexity index is 626. The van der Waals surface area contributed by atoms with Gasteiger partial charge in [0.1, 0.15) is 0 Å². The summed E-state index contributed by atoms with van der Waals surface area (Å²) in [6.07, 6.45) is 3.85. The van der Waals surface area contributed by atoms with Gasteiger partial charge in [-0.1, -0.05) is 24.6 Å². The summed E-state index contributed by atoms with van der Waals surface area (Å²) in [7, 11) is -0.524. The van der Waals surface area contributed by atoms with Gasteiger partial charge in [-0.15, -0.1) is 0 Å². The van der Waals surface area contributed by atoms with E-state index in [1.54, 1.807) is 0 Å². The van der Waals surface area contributed by atoms with Gasteiger partial charge in [-0.3, -0.25) is 4.79 Å². The van der Waals surface area contributed by atoms with Crippen LogP contribution in [0.1, 0.15) is 57.3 Å². The zero-order valence-electron chi connectivity index (χ0n) is 16.5. The van der Waals surface area contributed by atoms with Crippen LogP contribution in [-0.4, -0.2) is 55.3 Å². The van der Waals surface area contributed by atoms with E-state index in [-0.39, 0.29) is 5.91 Å². The van der Waals surface area contributed by atoms with E-state index in [0.29, 0.717) is 12.1 Å². The molecule has 2 saturated heterocycles. The third-order valence-corrected chi connectivity index (χ3v) is 5.87. The summed E-state index contributed by atoms with van der Waals surface area (Å²) in [5.41, 5.74) is 0.580. The average molecular weight is 358 g/mol. The van der Waals surface area contributed by atoms with E-state index in [9.17, 15) is 4.79 Å². The van der Waals surface area contributed by atoms with Crippen LogP contribution in [0.4, 0.5) is 0 Å². The second kappa shape index (κ2) is 7.71. The van der Waals surface area contributed by atoms with Crippen molar-refractivity contribution in [3.8, 4) is 0 Å². The number of benzene rings is 1. The van der Waals surface area contributed by atoms with Crippen LogP contribution in [0.2, 0.25) is 0 Å². The molecule has 2 heterocycles. The van der Waals surface area contributed by atoms with Crippen molar-refractivity contribution >= 4 is 18.5 Å². The van der Waals surface area contributed by atoms with Crippen LogP contribution >= 0.6 is 0 Å². The monoisotopic (exact) mass is 358 g/mol. The normalized spacial score (nSPS) is 22.4. The number of carbonyl (C=O) groups excluding carboxylic acids is 1. The van der Waals surface area contributed by atoms with E-state index < -0.39 is 18.3 Å². The summed E-state index contributed by atoms with van der Waals surface area (Å²) in [5.74, 6) is -0.0627. The Hall–Kier alpha value is -1.37. The van der Waals surface area contributed by atoms with Gasteiger partial charge in [0.25, 0.3) is 5.91 Å². The molecule has 1 aromatic carbocycles. The molecule has 1 aromatic rings. The first-order chi connectivity index (χ1) is 12.3. The van der Waals surface area contributed by atoms with E-state index in [0.717, 1.165) is 25.1 Å². The highest BCUT2D eigenvalue weighted by Gasteiger charge is 2.52. The fourth-order valence-corrected chi connectivity index (χ4v) is 3.49. The number of rotatable bonds is 5. The highest BCUT2D eigenvalue weighted by atomic mass is 16.7. The lowest BCUT2D eigenvalue weighted by molar-refractivity contribution is 0.00578. The van der Waals surface area contributed by atoms with Gasteiger partial charge in [0.2, 0.25) is 0 Å². The van der Waals surface area contributed by atoms with Crippen LogP contribution in [0.3, 0.4) is 0 Å². The van der Waals surface area contributed by atoms with Crippen LogP contribution in [0.5, 0.6) is 0 Å². The Labute approximate surface area is 157 Å². The lowest BCUT2D eigenvalue weighted by Crippen LogP contribution is -2.42. The summed E-state index contributed by atoms with van der Waals surface area (Å²) in [5, 5.41) is 3.06. The molecule has 0 aromatic heterocycles. The predicted octanol–water partition coefficient (Wildman–Crippen LogP) is 2.20. The number of carbonyl (C=O) groups is 1. The van der Waals surface area contributed by atoms with Gasteiger partial charge < -0.3 is 19.5 Å². The topological polar surface area (TPSA) is 50.8 Å². The van der Waals surface area contributed by atoms with Crippen LogP contribution < -0.4 is 10.8 Å². The van der Waals surface area contributed by atoms with E-state index in [1.165, 1.54) is 19.3 Å². The van der Waals surface area contributed by atoms with Crippen molar-refractivity contribution in [1.29, 1.82) is 0 Å². The third kappa shape index (κ3) is 4.13. The lowest BCUT2D eigenvalue weighted by atomic mass is 9.75. The number of nitrogens with one attached hydrogen (secondary N) is 1. The Morgan fingerprint density at radius 1 is 1.08 bits per heavy atom. The molecule has 2 aliphatic rings. The van der Waals surface area contributed by atoms with E-state index in [1.807, 2.05) is 52.0 Å². The summed E-state index contributed by atoms with van der Waals surface area (Å²) in [6, 6.07) is 7.57. The van der Waals surface area contributed by atoms with Crippen molar-refractivity contribution in [2.24, 2.45) is 0 Å². The highest BCUT2D eigenvalue weighted by molar-refractivity contribution is 6.63. The van der Waals surface area contributed by atoms with E-state index in [4.69, 9.17) is 9.31 Å². The number of piperidine rings is 1. The molecular formula is C20H31BN2O3. The molecule has 1 amide bonds. The SMILES string of the molecule is CC1(C)OB(c2ccccc2C(=O)NCCN2CCCCC2)OC1(C)C. The average Bonchev–Trinajstić information content (AvgIpc) is 2.83. The van der Waals surface area contributed by atoms with Crippen molar-refractivity contribution < 1.29 is 14.1 Å². The number of hydrogen-bond donors (Lipinski definition) is 1. The Morgan fingerprint density at radius 2 is 1.69 bits per heavy atom. The molecule has 0 saturated carbocycles. The zero-order chi connectivity index (χ0) is 18.8. The first-order valence-corrected chi connectivity index (χ1v) is 9.75. The summed E-state index contributed by atoms with van der Waals surface area (Å²) >= 11 is 0. The molecule has 6 heteroatoms. The molecule has 26 heavy (non-hydrogen) atoms. The first kappa shape index (κ1) is 19.4. The predicted molar refractivity (Wildman–Crippen MR) is 105 cm³/mol. The zero-order valence-corrected chi connectivity index (χ0v) is 16.5. The van der Waals surface area contributed by atoms with Crippen LogP contribution in [0, 0.1) is 0 Å². The van der Waals surface area contributed by atoms with E-state index >= 15 is 0 Å². The number of amides is 1. The van der Waals surface area contributed by atoms with Crippen LogP contribution in [0.15, 0.2) is 24.3 Å². The first-order valence-electron chi connectivity index (χ1n) is 9.75. The smallest absolute Gasteiger partial charge is 0.399 e. The van der Waals surface area contributed by atoms with Crippen molar-refractivity contribution in [3.63, 3.8) is 0 Å². The fraction of sp³-hybridized carbons (Fsp3) is 0.650. The second-order valence-corrected chi connectivity index (χ2v) is 8.33. The molecule has 0 unspecified atom stereocenters. The largest absolute Gasteiger partial charge is 0.495 e. The van der Waals surface area contributed by atoms with Gasteiger partial charge >= 0.3 is 7.12 Å². The van der Waals surface area contributed by atoms with Gasteiger partial charge in [0.05, 0.1) is 11.2 Å². The minimum absolute atomic E-state index is 0.0627. The summed E-state index contributed by atoms with van der Waals surface area (Å²) in [4.78, 5) is 15.2. The highest BCUT2D eigenvalue weighted by Crippen LogP contribution is 2.36. The van der Waals surface area contributed by atoms with Gasteiger partial charge in [0, 0.05) is 18.7 Å². The van der Waals surface area contributed by atoms with Crippen molar-refractivity contribution in [1.82, 2.24) is 10.2 Å². The maximum absolute atomic E-state index is 12.7. The van der Waals surface area contributed by atoms with Crippen LogP contribution in [-0.2, 0) is 9.31 Å². The maximum atomic E-state index is 12.7. The molecule has 0 spiro atoms. The maximum Gasteiger partial charge on any atom is 0.495 e. The van der Waals surface area contributed by atoms with Crippen molar-refractivity contribution in [3.05, 3.63) is 29.8 Å². The van der Waals surface area contributed by atoms with Gasteiger partial charge in [0.15, 0.2) is 0 Å². The van der Waals surface area contributed by atoms with Crippen molar-refractivity contribution in [2.75, 3.05) is 26.2 Å². The fourth-order valence-electron chi connectivity index (χ4n) is 3.49. The Morgan fingerprint density at radius 3 is 2.35 bits per heavy atom. The number of nitrogens with zero attached hydrogens (tertiary/aromatic N) is 1. The van der Waals surface area contributed by atoms with Gasteiger partial charge in [-0.05, 0) is 65.2 Å². The van der Waals surface area contributed by atoms with Crippen molar-refractivity contribution in [2.45, 2.75) is 58.2 Å². The Kier molecular flexibility index (Phi) is 5.75. The molecule has 0 aliphatic carbocycles. The molecular weight excluding hydrogens is 327 g/mol. The molecule has 0 atom stereocenters. The molecule has 2 fully saturated rings. The third-order valence-electron chi connectivity index (χ3n) is 5.87. The minimum atomic E-state index is -0.524. The van der Waals surface area contributed by atoms with E-state index in [2.05, 4.69) is 10.2 Å². The summed E-state index contributed by atoms with van der Waals surface area (Å²) < 4.78 is 12.3. The molecule has 3 rings (SSSR count). The molecule has 5 nitrogen and oxygen atoms in total.